The Hall–Kier alpha value is -1.10. The van der Waals surface area contributed by atoms with Gasteiger partial charge in [0.1, 0.15) is 0 Å². The molecule has 0 spiro atoms. The van der Waals surface area contributed by atoms with Crippen molar-refractivity contribution in [1.29, 1.82) is 0 Å². The lowest BCUT2D eigenvalue weighted by Crippen LogP contribution is -2.49. The summed E-state index contributed by atoms with van der Waals surface area (Å²) < 4.78 is 10.5. The quantitative estimate of drug-likeness (QED) is 0.770. The summed E-state index contributed by atoms with van der Waals surface area (Å²) >= 11 is 0. The highest BCUT2D eigenvalue weighted by Gasteiger charge is 2.21. The van der Waals surface area contributed by atoms with E-state index in [4.69, 9.17) is 9.47 Å². The summed E-state index contributed by atoms with van der Waals surface area (Å²) in [7, 11) is 3.39. The van der Waals surface area contributed by atoms with Crippen LogP contribution in [0, 0.1) is 13.8 Å². The van der Waals surface area contributed by atoms with Crippen LogP contribution in [-0.4, -0.2) is 58.1 Å². The van der Waals surface area contributed by atoms with Gasteiger partial charge in [-0.1, -0.05) is 12.1 Å². The maximum Gasteiger partial charge on any atom is 0.169 e. The summed E-state index contributed by atoms with van der Waals surface area (Å²) in [6.45, 7) is 9.45. The number of methoxy groups -OCH3 is 2. The van der Waals surface area contributed by atoms with Gasteiger partial charge in [-0.2, -0.15) is 0 Å². The van der Waals surface area contributed by atoms with E-state index >= 15 is 0 Å². The Kier molecular flexibility index (Phi) is 5.40. The van der Waals surface area contributed by atoms with E-state index in [0.717, 1.165) is 32.7 Å². The van der Waals surface area contributed by atoms with Crippen molar-refractivity contribution in [3.05, 3.63) is 29.3 Å². The van der Waals surface area contributed by atoms with Gasteiger partial charge in [-0.05, 0) is 31.0 Å². The van der Waals surface area contributed by atoms with Crippen LogP contribution in [0.4, 0.5) is 5.69 Å². The lowest BCUT2D eigenvalue weighted by molar-refractivity contribution is -0.116. The zero-order valence-electron chi connectivity index (χ0n) is 13.1. The van der Waals surface area contributed by atoms with E-state index in [9.17, 15) is 0 Å². The van der Waals surface area contributed by atoms with Gasteiger partial charge in [0.15, 0.2) is 6.29 Å². The number of benzene rings is 1. The molecule has 0 atom stereocenters. The van der Waals surface area contributed by atoms with Gasteiger partial charge in [0.05, 0.1) is 0 Å². The van der Waals surface area contributed by atoms with E-state index in [-0.39, 0.29) is 6.29 Å². The van der Waals surface area contributed by atoms with E-state index in [0.29, 0.717) is 0 Å². The highest BCUT2D eigenvalue weighted by molar-refractivity contribution is 5.56. The normalized spacial score (nSPS) is 16.9. The van der Waals surface area contributed by atoms with Crippen LogP contribution in [0.25, 0.3) is 0 Å². The summed E-state index contributed by atoms with van der Waals surface area (Å²) in [4.78, 5) is 4.88. The molecule has 1 aliphatic rings. The fourth-order valence-corrected chi connectivity index (χ4v) is 2.71. The van der Waals surface area contributed by atoms with Gasteiger partial charge >= 0.3 is 0 Å². The number of anilines is 1. The topological polar surface area (TPSA) is 24.9 Å². The molecule has 1 fully saturated rings. The zero-order chi connectivity index (χ0) is 14.5. The predicted octanol–water partition coefficient (Wildman–Crippen LogP) is 2.04. The molecule has 1 aromatic rings. The van der Waals surface area contributed by atoms with Gasteiger partial charge in [-0.15, -0.1) is 0 Å². The third-order valence-electron chi connectivity index (χ3n) is 4.22. The molecule has 0 radical (unpaired) electrons. The molecule has 4 heteroatoms. The molecule has 2 rings (SSSR count). The number of hydrogen-bond donors (Lipinski definition) is 0. The Bertz CT molecular complexity index is 424. The highest BCUT2D eigenvalue weighted by atomic mass is 16.7. The van der Waals surface area contributed by atoms with E-state index < -0.39 is 0 Å². The second-order valence-corrected chi connectivity index (χ2v) is 5.41. The number of nitrogens with zero attached hydrogens (tertiary/aromatic N) is 2. The third kappa shape index (κ3) is 3.51. The van der Waals surface area contributed by atoms with Gasteiger partial charge < -0.3 is 14.4 Å². The summed E-state index contributed by atoms with van der Waals surface area (Å²) in [5.74, 6) is 0. The standard InChI is InChI=1S/C16H26N2O2/c1-13-6-5-7-15(14(13)2)18-10-8-17(9-11-18)12-16(19-3)20-4/h5-7,16H,8-12H2,1-4H3. The van der Waals surface area contributed by atoms with Crippen LogP contribution in [0.1, 0.15) is 11.1 Å². The Morgan fingerprint density at radius 3 is 2.30 bits per heavy atom. The fourth-order valence-electron chi connectivity index (χ4n) is 2.71. The third-order valence-corrected chi connectivity index (χ3v) is 4.22. The number of hydrogen-bond acceptors (Lipinski definition) is 4. The molecule has 0 amide bonds. The first-order valence-corrected chi connectivity index (χ1v) is 7.24. The fraction of sp³-hybridized carbons (Fsp3) is 0.625. The Morgan fingerprint density at radius 2 is 1.70 bits per heavy atom. The van der Waals surface area contributed by atoms with Crippen LogP contribution >= 0.6 is 0 Å². The first kappa shape index (κ1) is 15.3. The average Bonchev–Trinajstić information content (AvgIpc) is 2.48. The molecule has 0 saturated carbocycles. The summed E-state index contributed by atoms with van der Waals surface area (Å²) in [5, 5.41) is 0. The molecule has 1 heterocycles. The number of aryl methyl sites for hydroxylation is 1. The highest BCUT2D eigenvalue weighted by Crippen LogP contribution is 2.23. The van der Waals surface area contributed by atoms with Crippen LogP contribution in [0.3, 0.4) is 0 Å². The molecule has 112 valence electrons. The molecule has 1 aromatic carbocycles. The van der Waals surface area contributed by atoms with Crippen LogP contribution in [0.2, 0.25) is 0 Å². The van der Waals surface area contributed by atoms with Crippen molar-refractivity contribution in [3.63, 3.8) is 0 Å². The molecule has 4 nitrogen and oxygen atoms in total. The number of rotatable bonds is 5. The second kappa shape index (κ2) is 7.07. The predicted molar refractivity (Wildman–Crippen MR) is 82.4 cm³/mol. The Morgan fingerprint density at radius 1 is 1.05 bits per heavy atom. The Balaban J connectivity index is 1.92. The lowest BCUT2D eigenvalue weighted by Gasteiger charge is -2.37. The van der Waals surface area contributed by atoms with Crippen molar-refractivity contribution < 1.29 is 9.47 Å². The van der Waals surface area contributed by atoms with Crippen molar-refractivity contribution in [3.8, 4) is 0 Å². The molecular weight excluding hydrogens is 252 g/mol. The van der Waals surface area contributed by atoms with Crippen molar-refractivity contribution in [2.24, 2.45) is 0 Å². The van der Waals surface area contributed by atoms with Gasteiger partial charge in [0.2, 0.25) is 0 Å². The zero-order valence-corrected chi connectivity index (χ0v) is 13.1. The van der Waals surface area contributed by atoms with Gasteiger partial charge in [-0.3, -0.25) is 4.90 Å². The number of ether oxygens (including phenoxy) is 2. The molecule has 1 aliphatic heterocycles. The molecule has 1 saturated heterocycles. The minimum Gasteiger partial charge on any atom is -0.369 e. The van der Waals surface area contributed by atoms with Crippen LogP contribution < -0.4 is 4.90 Å². The largest absolute Gasteiger partial charge is 0.369 e. The van der Waals surface area contributed by atoms with Gasteiger partial charge in [0.25, 0.3) is 0 Å². The SMILES string of the molecule is COC(CN1CCN(c2cccc(C)c2C)CC1)OC. The first-order chi connectivity index (χ1) is 9.65. The van der Waals surface area contributed by atoms with E-state index in [1.165, 1.54) is 16.8 Å². The molecule has 0 bridgehead atoms. The van der Waals surface area contributed by atoms with Crippen LogP contribution in [-0.2, 0) is 9.47 Å². The van der Waals surface area contributed by atoms with E-state index in [1.54, 1.807) is 14.2 Å². The van der Waals surface area contributed by atoms with Crippen molar-refractivity contribution in [1.82, 2.24) is 4.90 Å². The molecule has 20 heavy (non-hydrogen) atoms. The van der Waals surface area contributed by atoms with Crippen LogP contribution in [0.15, 0.2) is 18.2 Å². The van der Waals surface area contributed by atoms with Crippen molar-refractivity contribution >= 4 is 5.69 Å². The maximum atomic E-state index is 5.27. The maximum absolute atomic E-state index is 5.27. The average molecular weight is 278 g/mol. The van der Waals surface area contributed by atoms with Crippen LogP contribution in [0.5, 0.6) is 0 Å². The van der Waals surface area contributed by atoms with E-state index in [1.807, 2.05) is 0 Å². The van der Waals surface area contributed by atoms with Crippen molar-refractivity contribution in [2.45, 2.75) is 20.1 Å². The molecule has 0 aliphatic carbocycles. The minimum absolute atomic E-state index is 0.123. The molecular formula is C16H26N2O2. The number of piperazine rings is 1. The van der Waals surface area contributed by atoms with Gasteiger partial charge in [-0.25, -0.2) is 0 Å². The molecule has 0 unspecified atom stereocenters. The lowest BCUT2D eigenvalue weighted by atomic mass is 10.1. The molecule has 0 N–H and O–H groups in total. The van der Waals surface area contributed by atoms with Crippen molar-refractivity contribution in [2.75, 3.05) is 51.8 Å². The Labute approximate surface area is 122 Å². The smallest absolute Gasteiger partial charge is 0.169 e. The first-order valence-electron chi connectivity index (χ1n) is 7.24. The second-order valence-electron chi connectivity index (χ2n) is 5.41. The summed E-state index contributed by atoms with van der Waals surface area (Å²) in [5.41, 5.74) is 4.14. The monoisotopic (exact) mass is 278 g/mol. The molecule has 0 aromatic heterocycles. The minimum atomic E-state index is -0.123. The summed E-state index contributed by atoms with van der Waals surface area (Å²) in [6.07, 6.45) is -0.123. The van der Waals surface area contributed by atoms with Gasteiger partial charge in [0, 0.05) is 52.6 Å². The van der Waals surface area contributed by atoms with E-state index in [2.05, 4.69) is 41.8 Å². The summed E-state index contributed by atoms with van der Waals surface area (Å²) in [6, 6.07) is 6.55.